The molecule has 0 heterocycles. The summed E-state index contributed by atoms with van der Waals surface area (Å²) in [6, 6.07) is 2.37. The number of anilines is 2. The SMILES string of the molecule is [B]c1cc([N+](=O)[O-])c(NC(C)=O)cc1N. The van der Waals surface area contributed by atoms with Crippen LogP contribution in [-0.2, 0) is 4.79 Å². The Kier molecular flexibility index (Phi) is 2.94. The second-order valence-electron chi connectivity index (χ2n) is 2.94. The van der Waals surface area contributed by atoms with Crippen molar-refractivity contribution in [3.63, 3.8) is 0 Å². The van der Waals surface area contributed by atoms with E-state index in [1.54, 1.807) is 0 Å². The molecule has 0 aromatic heterocycles. The van der Waals surface area contributed by atoms with Crippen molar-refractivity contribution >= 4 is 36.3 Å². The van der Waals surface area contributed by atoms with Gasteiger partial charge in [0.05, 0.1) is 4.92 Å². The predicted octanol–water partition coefficient (Wildman–Crippen LogP) is -0.0708. The lowest BCUT2D eigenvalue weighted by atomic mass is 9.93. The van der Waals surface area contributed by atoms with E-state index in [-0.39, 0.29) is 22.5 Å². The topological polar surface area (TPSA) is 98.3 Å². The monoisotopic (exact) mass is 205 g/mol. The lowest BCUT2D eigenvalue weighted by Gasteiger charge is -2.06. The summed E-state index contributed by atoms with van der Waals surface area (Å²) in [7, 11) is 5.42. The van der Waals surface area contributed by atoms with Gasteiger partial charge in [-0.3, -0.25) is 14.9 Å². The van der Waals surface area contributed by atoms with Gasteiger partial charge in [0, 0.05) is 18.7 Å². The van der Waals surface area contributed by atoms with E-state index >= 15 is 0 Å². The van der Waals surface area contributed by atoms with Gasteiger partial charge in [0.1, 0.15) is 13.5 Å². The lowest BCUT2D eigenvalue weighted by Crippen LogP contribution is -2.14. The third-order valence-electron chi connectivity index (χ3n) is 1.71. The summed E-state index contributed by atoms with van der Waals surface area (Å²) in [5.41, 5.74) is 5.52. The van der Waals surface area contributed by atoms with E-state index in [1.165, 1.54) is 13.0 Å². The molecule has 0 bridgehead atoms. The van der Waals surface area contributed by atoms with Gasteiger partial charge in [0.15, 0.2) is 0 Å². The highest BCUT2D eigenvalue weighted by atomic mass is 16.6. The van der Waals surface area contributed by atoms with Crippen molar-refractivity contribution in [2.45, 2.75) is 6.92 Å². The zero-order chi connectivity index (χ0) is 11.6. The molecule has 0 fully saturated rings. The predicted molar refractivity (Wildman–Crippen MR) is 57.2 cm³/mol. The van der Waals surface area contributed by atoms with Crippen molar-refractivity contribution in [2.24, 2.45) is 0 Å². The highest BCUT2D eigenvalue weighted by molar-refractivity contribution is 6.36. The fourth-order valence-electron chi connectivity index (χ4n) is 1.06. The number of nitrogens with one attached hydrogen (secondary N) is 1. The van der Waals surface area contributed by atoms with Crippen LogP contribution in [0, 0.1) is 10.1 Å². The van der Waals surface area contributed by atoms with Crippen LogP contribution in [0.4, 0.5) is 17.1 Å². The van der Waals surface area contributed by atoms with Crippen molar-refractivity contribution in [3.05, 3.63) is 22.2 Å². The minimum absolute atomic E-state index is 0.0409. The molecule has 0 atom stereocenters. The van der Waals surface area contributed by atoms with Gasteiger partial charge < -0.3 is 11.1 Å². The van der Waals surface area contributed by atoms with Crippen LogP contribution in [0.25, 0.3) is 0 Å². The third kappa shape index (κ3) is 2.46. The first-order chi connectivity index (χ1) is 6.91. The van der Waals surface area contributed by atoms with Gasteiger partial charge in [-0.2, -0.15) is 0 Å². The molecular weight excluding hydrogens is 197 g/mol. The minimum atomic E-state index is -0.638. The van der Waals surface area contributed by atoms with Crippen molar-refractivity contribution in [1.82, 2.24) is 0 Å². The molecule has 7 heteroatoms. The van der Waals surface area contributed by atoms with Gasteiger partial charge in [-0.05, 0) is 6.07 Å². The van der Waals surface area contributed by atoms with E-state index in [1.807, 2.05) is 0 Å². The number of hydrogen-bond acceptors (Lipinski definition) is 4. The molecule has 76 valence electrons. The van der Waals surface area contributed by atoms with E-state index in [2.05, 4.69) is 5.32 Å². The molecule has 3 N–H and O–H groups in total. The second kappa shape index (κ2) is 3.99. The Bertz CT molecular complexity index is 433. The molecule has 1 amide bonds. The summed E-state index contributed by atoms with van der Waals surface area (Å²) in [4.78, 5) is 20.8. The third-order valence-corrected chi connectivity index (χ3v) is 1.71. The normalized spacial score (nSPS) is 9.67. The first-order valence-corrected chi connectivity index (χ1v) is 4.02. The summed E-state index contributed by atoms with van der Waals surface area (Å²) in [5.74, 6) is -0.415. The van der Waals surface area contributed by atoms with E-state index in [4.69, 9.17) is 13.6 Å². The number of rotatable bonds is 2. The molecule has 1 aromatic rings. The molecule has 2 radical (unpaired) electrons. The van der Waals surface area contributed by atoms with Crippen LogP contribution in [0.15, 0.2) is 12.1 Å². The Labute approximate surface area is 87.0 Å². The number of amides is 1. The number of carbonyl (C=O) groups excluding carboxylic acids is 1. The van der Waals surface area contributed by atoms with Gasteiger partial charge >= 0.3 is 0 Å². The molecule has 0 saturated carbocycles. The van der Waals surface area contributed by atoms with Gasteiger partial charge in [0.25, 0.3) is 5.69 Å². The Morgan fingerprint density at radius 2 is 2.20 bits per heavy atom. The van der Waals surface area contributed by atoms with E-state index < -0.39 is 10.8 Å². The molecule has 0 unspecified atom stereocenters. The van der Waals surface area contributed by atoms with Gasteiger partial charge in [-0.25, -0.2) is 0 Å². The highest BCUT2D eigenvalue weighted by Crippen LogP contribution is 2.24. The van der Waals surface area contributed by atoms with Gasteiger partial charge in [-0.15, -0.1) is 0 Å². The van der Waals surface area contributed by atoms with E-state index in [0.717, 1.165) is 6.07 Å². The number of benzene rings is 1. The summed E-state index contributed by atoms with van der Waals surface area (Å²) in [6.07, 6.45) is 0. The lowest BCUT2D eigenvalue weighted by molar-refractivity contribution is -0.383. The zero-order valence-electron chi connectivity index (χ0n) is 7.98. The fraction of sp³-hybridized carbons (Fsp3) is 0.125. The molecule has 15 heavy (non-hydrogen) atoms. The first kappa shape index (κ1) is 11.0. The Hall–Kier alpha value is -2.05. The quantitative estimate of drug-likeness (QED) is 0.305. The van der Waals surface area contributed by atoms with Crippen molar-refractivity contribution in [2.75, 3.05) is 11.1 Å². The molecular formula is C8H8BN3O3. The average molecular weight is 205 g/mol. The molecule has 6 nitrogen and oxygen atoms in total. The Balaban J connectivity index is 3.28. The fourth-order valence-corrected chi connectivity index (χ4v) is 1.06. The van der Waals surface area contributed by atoms with E-state index in [9.17, 15) is 14.9 Å². The number of nitrogens with two attached hydrogens (primary N) is 1. The number of nitrogens with zero attached hydrogens (tertiary/aromatic N) is 1. The van der Waals surface area contributed by atoms with Crippen LogP contribution in [0.5, 0.6) is 0 Å². The van der Waals surface area contributed by atoms with E-state index in [0.29, 0.717) is 0 Å². The molecule has 0 spiro atoms. The summed E-state index contributed by atoms with van der Waals surface area (Å²) in [6.45, 7) is 1.25. The Morgan fingerprint density at radius 1 is 1.60 bits per heavy atom. The van der Waals surface area contributed by atoms with Gasteiger partial charge in [0.2, 0.25) is 5.91 Å². The number of hydrogen-bond donors (Lipinski definition) is 2. The molecule has 0 aliphatic rings. The summed E-state index contributed by atoms with van der Waals surface area (Å²) >= 11 is 0. The average Bonchev–Trinajstić information content (AvgIpc) is 2.09. The zero-order valence-corrected chi connectivity index (χ0v) is 7.98. The summed E-state index contributed by atoms with van der Waals surface area (Å²) in [5, 5.41) is 12.9. The van der Waals surface area contributed by atoms with Crippen LogP contribution in [0.2, 0.25) is 0 Å². The van der Waals surface area contributed by atoms with Crippen molar-refractivity contribution < 1.29 is 9.72 Å². The van der Waals surface area contributed by atoms with Crippen LogP contribution in [0.1, 0.15) is 6.92 Å². The maximum absolute atomic E-state index is 10.8. The smallest absolute Gasteiger partial charge is 0.292 e. The van der Waals surface area contributed by atoms with Crippen LogP contribution >= 0.6 is 0 Å². The largest absolute Gasteiger partial charge is 0.399 e. The number of nitro benzene ring substituents is 1. The summed E-state index contributed by atoms with van der Waals surface area (Å²) < 4.78 is 0. The van der Waals surface area contributed by atoms with Crippen LogP contribution < -0.4 is 16.5 Å². The number of carbonyl (C=O) groups is 1. The van der Waals surface area contributed by atoms with Crippen molar-refractivity contribution in [3.8, 4) is 0 Å². The minimum Gasteiger partial charge on any atom is -0.399 e. The number of nitrogen functional groups attached to an aromatic ring is 1. The van der Waals surface area contributed by atoms with Crippen molar-refractivity contribution in [1.29, 1.82) is 0 Å². The molecule has 1 aromatic carbocycles. The maximum atomic E-state index is 10.8. The highest BCUT2D eigenvalue weighted by Gasteiger charge is 2.16. The molecule has 0 aliphatic heterocycles. The second-order valence-corrected chi connectivity index (χ2v) is 2.94. The molecule has 0 aliphatic carbocycles. The molecule has 0 saturated heterocycles. The van der Waals surface area contributed by atoms with Crippen LogP contribution in [0.3, 0.4) is 0 Å². The van der Waals surface area contributed by atoms with Crippen LogP contribution in [-0.4, -0.2) is 18.7 Å². The van der Waals surface area contributed by atoms with Gasteiger partial charge in [-0.1, -0.05) is 5.46 Å². The Morgan fingerprint density at radius 3 is 2.67 bits per heavy atom. The first-order valence-electron chi connectivity index (χ1n) is 4.02. The number of nitro groups is 1. The standard InChI is InChI=1S/C8H8BN3O3/c1-4(13)11-7-3-6(10)5(9)2-8(7)12(14)15/h2-3H,10H2,1H3,(H,11,13). The molecule has 1 rings (SSSR count). The maximum Gasteiger partial charge on any atom is 0.292 e.